The van der Waals surface area contributed by atoms with Gasteiger partial charge in [0, 0.05) is 0 Å². The summed E-state index contributed by atoms with van der Waals surface area (Å²) in [5, 5.41) is 9.24. The van der Waals surface area contributed by atoms with Crippen molar-refractivity contribution in [2.24, 2.45) is 22.7 Å². The fourth-order valence-electron chi connectivity index (χ4n) is 6.87. The van der Waals surface area contributed by atoms with E-state index in [4.69, 9.17) is 4.74 Å². The first-order valence-corrected chi connectivity index (χ1v) is 9.43. The average Bonchev–Trinajstić information content (AvgIpc) is 2.34. The largest absolute Gasteiger partial charge is 0.481 e. The van der Waals surface area contributed by atoms with Crippen LogP contribution in [0.5, 0.6) is 0 Å². The highest BCUT2D eigenvalue weighted by Crippen LogP contribution is 2.65. The lowest BCUT2D eigenvalue weighted by molar-refractivity contribution is -0.266. The van der Waals surface area contributed by atoms with Gasteiger partial charge in [-0.05, 0) is 75.0 Å². The van der Waals surface area contributed by atoms with E-state index in [0.29, 0.717) is 16.7 Å². The number of ether oxygens (including phenoxy) is 1. The summed E-state index contributed by atoms with van der Waals surface area (Å²) in [7, 11) is 0. The van der Waals surface area contributed by atoms with Crippen LogP contribution in [0.15, 0.2) is 0 Å². The Morgan fingerprint density at radius 3 is 2.30 bits per heavy atom. The first kappa shape index (κ1) is 17.3. The zero-order valence-corrected chi connectivity index (χ0v) is 15.6. The van der Waals surface area contributed by atoms with Gasteiger partial charge in [-0.1, -0.05) is 27.2 Å². The molecule has 0 amide bonds. The topological polar surface area (TPSA) is 46.5 Å². The van der Waals surface area contributed by atoms with E-state index < -0.39 is 11.6 Å². The number of carboxylic acids is 1. The van der Waals surface area contributed by atoms with E-state index in [0.717, 1.165) is 25.2 Å². The summed E-state index contributed by atoms with van der Waals surface area (Å²) in [6.45, 7) is 11.7. The van der Waals surface area contributed by atoms with Crippen molar-refractivity contribution in [1.29, 1.82) is 0 Å². The average molecular weight is 322 g/mol. The van der Waals surface area contributed by atoms with Gasteiger partial charge in [-0.3, -0.25) is 4.79 Å². The van der Waals surface area contributed by atoms with Gasteiger partial charge < -0.3 is 9.84 Å². The molecule has 0 radical (unpaired) electrons. The fourth-order valence-corrected chi connectivity index (χ4v) is 6.87. The molecule has 132 valence electrons. The van der Waals surface area contributed by atoms with Crippen LogP contribution in [0.3, 0.4) is 0 Å². The number of aliphatic carboxylic acids is 1. The summed E-state index contributed by atoms with van der Waals surface area (Å²) < 4.78 is 6.58. The van der Waals surface area contributed by atoms with Crippen LogP contribution >= 0.6 is 0 Å². The molecular weight excluding hydrogens is 288 g/mol. The van der Waals surface area contributed by atoms with Gasteiger partial charge in [-0.25, -0.2) is 0 Å². The van der Waals surface area contributed by atoms with Gasteiger partial charge in [-0.2, -0.15) is 0 Å². The maximum absolute atomic E-state index is 11.2. The van der Waals surface area contributed by atoms with E-state index in [1.807, 2.05) is 6.92 Å². The molecule has 3 nitrogen and oxygen atoms in total. The molecule has 1 saturated heterocycles. The molecule has 1 heterocycles. The molecular formula is C20H34O3. The first-order valence-electron chi connectivity index (χ1n) is 9.43. The Bertz CT molecular complexity index is 499. The Hall–Kier alpha value is -0.570. The van der Waals surface area contributed by atoms with Crippen molar-refractivity contribution in [3.05, 3.63) is 0 Å². The monoisotopic (exact) mass is 322 g/mol. The highest BCUT2D eigenvalue weighted by atomic mass is 16.5. The van der Waals surface area contributed by atoms with E-state index in [1.54, 1.807) is 0 Å². The van der Waals surface area contributed by atoms with Crippen LogP contribution in [0.4, 0.5) is 0 Å². The number of hydrogen-bond donors (Lipinski definition) is 1. The second kappa shape index (κ2) is 5.21. The van der Waals surface area contributed by atoms with Crippen LogP contribution in [0.1, 0.15) is 86.0 Å². The lowest BCUT2D eigenvalue weighted by Gasteiger charge is -2.65. The van der Waals surface area contributed by atoms with Crippen LogP contribution in [-0.2, 0) is 9.53 Å². The molecule has 0 unspecified atom stereocenters. The quantitative estimate of drug-likeness (QED) is 0.775. The van der Waals surface area contributed by atoms with Crippen LogP contribution in [-0.4, -0.2) is 22.3 Å². The predicted octanol–water partition coefficient (Wildman–Crippen LogP) is 5.03. The smallest absolute Gasteiger partial charge is 0.306 e. The minimum absolute atomic E-state index is 0.126. The van der Waals surface area contributed by atoms with E-state index in [9.17, 15) is 9.90 Å². The van der Waals surface area contributed by atoms with Gasteiger partial charge >= 0.3 is 5.97 Å². The summed E-state index contributed by atoms with van der Waals surface area (Å²) in [5.41, 5.74) is 0.126. The number of rotatable bonds is 2. The highest BCUT2D eigenvalue weighted by molar-refractivity contribution is 5.68. The molecule has 0 aromatic carbocycles. The van der Waals surface area contributed by atoms with Crippen molar-refractivity contribution >= 4 is 5.97 Å². The van der Waals surface area contributed by atoms with Gasteiger partial charge in [-0.15, -0.1) is 0 Å². The highest BCUT2D eigenvalue weighted by Gasteiger charge is 2.61. The predicted molar refractivity (Wildman–Crippen MR) is 91.3 cm³/mol. The molecule has 3 fully saturated rings. The molecule has 0 aromatic heterocycles. The standard InChI is InChI=1S/C20H34O3/c1-17(2)9-6-10-19(4)14(17)8-12-20(5)15(19)7-11-18(3,23-20)13-16(21)22/h14-15H,6-13H2,1-5H3,(H,21,22)/t14-,15+,18-,19-,20+/m0/s1. The van der Waals surface area contributed by atoms with Gasteiger partial charge in [0.1, 0.15) is 0 Å². The van der Waals surface area contributed by atoms with Crippen molar-refractivity contribution in [2.75, 3.05) is 0 Å². The van der Waals surface area contributed by atoms with Crippen molar-refractivity contribution in [3.8, 4) is 0 Å². The third-order valence-corrected chi connectivity index (χ3v) is 7.71. The molecule has 1 aliphatic heterocycles. The van der Waals surface area contributed by atoms with Gasteiger partial charge in [0.05, 0.1) is 17.6 Å². The van der Waals surface area contributed by atoms with E-state index in [2.05, 4.69) is 27.7 Å². The maximum Gasteiger partial charge on any atom is 0.306 e. The van der Waals surface area contributed by atoms with Gasteiger partial charge in [0.2, 0.25) is 0 Å². The molecule has 1 N–H and O–H groups in total. The molecule has 2 aliphatic carbocycles. The van der Waals surface area contributed by atoms with Crippen molar-refractivity contribution < 1.29 is 14.6 Å². The Kier molecular flexibility index (Phi) is 3.91. The lowest BCUT2D eigenvalue weighted by Crippen LogP contribution is -2.63. The Balaban J connectivity index is 1.88. The third kappa shape index (κ3) is 2.73. The number of carboxylic acid groups (broad SMARTS) is 1. The van der Waals surface area contributed by atoms with Gasteiger partial charge in [0.15, 0.2) is 0 Å². The minimum atomic E-state index is -0.742. The van der Waals surface area contributed by atoms with Gasteiger partial charge in [0.25, 0.3) is 0 Å². The molecule has 3 aliphatic rings. The van der Waals surface area contributed by atoms with E-state index >= 15 is 0 Å². The number of hydrogen-bond acceptors (Lipinski definition) is 2. The molecule has 3 rings (SSSR count). The fraction of sp³-hybridized carbons (Fsp3) is 0.950. The Labute approximate surface area is 141 Å². The van der Waals surface area contributed by atoms with Crippen LogP contribution in [0.25, 0.3) is 0 Å². The summed E-state index contributed by atoms with van der Waals surface area (Å²) >= 11 is 0. The van der Waals surface area contributed by atoms with Crippen LogP contribution in [0.2, 0.25) is 0 Å². The third-order valence-electron chi connectivity index (χ3n) is 7.71. The summed E-state index contributed by atoms with van der Waals surface area (Å²) in [5.74, 6) is 0.595. The molecule has 3 heteroatoms. The molecule has 0 bridgehead atoms. The van der Waals surface area contributed by atoms with Crippen LogP contribution in [0, 0.1) is 22.7 Å². The Morgan fingerprint density at radius 2 is 1.65 bits per heavy atom. The summed E-state index contributed by atoms with van der Waals surface area (Å²) in [6.07, 6.45) is 8.39. The summed E-state index contributed by atoms with van der Waals surface area (Å²) in [6, 6.07) is 0. The normalized spacial score (nSPS) is 49.1. The van der Waals surface area contributed by atoms with E-state index in [1.165, 1.54) is 25.7 Å². The minimum Gasteiger partial charge on any atom is -0.481 e. The molecule has 2 saturated carbocycles. The van der Waals surface area contributed by atoms with Crippen molar-refractivity contribution in [3.63, 3.8) is 0 Å². The Morgan fingerprint density at radius 1 is 1.00 bits per heavy atom. The second-order valence-electron chi connectivity index (χ2n) is 9.97. The molecule has 5 atom stereocenters. The molecule has 0 spiro atoms. The first-order chi connectivity index (χ1) is 10.5. The van der Waals surface area contributed by atoms with E-state index in [-0.39, 0.29) is 12.0 Å². The molecule has 23 heavy (non-hydrogen) atoms. The number of fused-ring (bicyclic) bond motifs is 3. The second-order valence-corrected chi connectivity index (χ2v) is 9.97. The SMILES string of the molecule is CC1(C)CCC[C@]2(C)[C@H]3CC[C@@](C)(CC(=O)O)O[C@]3(C)CC[C@@H]12. The van der Waals surface area contributed by atoms with Crippen LogP contribution < -0.4 is 0 Å². The molecule has 0 aromatic rings. The number of carbonyl (C=O) groups is 1. The van der Waals surface area contributed by atoms with Crippen molar-refractivity contribution in [1.82, 2.24) is 0 Å². The lowest BCUT2D eigenvalue weighted by atomic mass is 9.44. The zero-order chi connectivity index (χ0) is 17.1. The van der Waals surface area contributed by atoms with Crippen molar-refractivity contribution in [2.45, 2.75) is 97.2 Å². The summed E-state index contributed by atoms with van der Waals surface area (Å²) in [4.78, 5) is 11.2. The zero-order valence-electron chi connectivity index (χ0n) is 15.6. The maximum atomic E-state index is 11.2.